The first-order valence-electron chi connectivity index (χ1n) is 5.43. The van der Waals surface area contributed by atoms with Crippen LogP contribution in [0.5, 0.6) is 0 Å². The Bertz CT molecular complexity index is 316. The molecule has 0 bridgehead atoms. The van der Waals surface area contributed by atoms with Gasteiger partial charge in [0.2, 0.25) is 5.91 Å². The van der Waals surface area contributed by atoms with E-state index in [1.165, 1.54) is 7.05 Å². The fourth-order valence-electron chi connectivity index (χ4n) is 1.22. The minimum absolute atomic E-state index is 0.0368. The van der Waals surface area contributed by atoms with Crippen molar-refractivity contribution in [3.63, 3.8) is 0 Å². The van der Waals surface area contributed by atoms with Gasteiger partial charge in [-0.15, -0.1) is 0 Å². The second-order valence-corrected chi connectivity index (χ2v) is 4.10. The second kappa shape index (κ2) is 6.03. The van der Waals surface area contributed by atoms with Gasteiger partial charge in [0.05, 0.1) is 6.54 Å². The van der Waals surface area contributed by atoms with Crippen LogP contribution in [0.3, 0.4) is 0 Å². The number of hydrogen-bond donors (Lipinski definition) is 2. The summed E-state index contributed by atoms with van der Waals surface area (Å²) < 4.78 is 37.9. The maximum Gasteiger partial charge on any atom is 0.415 e. The van der Waals surface area contributed by atoms with Gasteiger partial charge in [0.25, 0.3) is 5.91 Å². The number of halogens is 3. The lowest BCUT2D eigenvalue weighted by Crippen LogP contribution is -2.63. The minimum atomic E-state index is -4.86. The monoisotopic (exact) mass is 269 g/mol. The molecule has 0 saturated carbocycles. The average molecular weight is 269 g/mol. The lowest BCUT2D eigenvalue weighted by molar-refractivity contribution is -0.194. The lowest BCUT2D eigenvalue weighted by atomic mass is 10.0. The third-order valence-corrected chi connectivity index (χ3v) is 2.43. The second-order valence-electron chi connectivity index (χ2n) is 4.10. The fraction of sp³-hybridized carbons (Fsp3) is 0.800. The summed E-state index contributed by atoms with van der Waals surface area (Å²) >= 11 is 0. The van der Waals surface area contributed by atoms with Crippen molar-refractivity contribution in [2.24, 2.45) is 5.73 Å². The summed E-state index contributed by atoms with van der Waals surface area (Å²) in [6, 6.07) is 0. The third-order valence-electron chi connectivity index (χ3n) is 2.43. The van der Waals surface area contributed by atoms with Crippen LogP contribution in [0.2, 0.25) is 0 Å². The number of rotatable bonds is 5. The van der Waals surface area contributed by atoms with E-state index in [9.17, 15) is 22.8 Å². The molecule has 0 aromatic rings. The Kier molecular flexibility index (Phi) is 5.59. The van der Waals surface area contributed by atoms with Gasteiger partial charge in [0.1, 0.15) is 0 Å². The molecule has 0 fully saturated rings. The van der Waals surface area contributed by atoms with Crippen molar-refractivity contribution in [1.82, 2.24) is 10.2 Å². The molecule has 5 nitrogen and oxygen atoms in total. The SMILES string of the molecule is CCCN(CC(=O)NC)C(=O)C(C)(N)C(F)(F)F. The summed E-state index contributed by atoms with van der Waals surface area (Å²) in [5, 5.41) is 2.24. The molecule has 106 valence electrons. The van der Waals surface area contributed by atoms with Crippen molar-refractivity contribution in [2.75, 3.05) is 20.1 Å². The van der Waals surface area contributed by atoms with E-state index in [0.717, 1.165) is 4.90 Å². The van der Waals surface area contributed by atoms with Crippen molar-refractivity contribution in [2.45, 2.75) is 32.0 Å². The van der Waals surface area contributed by atoms with Crippen LogP contribution in [0.4, 0.5) is 13.2 Å². The average Bonchev–Trinajstić information content (AvgIpc) is 2.25. The molecule has 1 unspecified atom stereocenters. The van der Waals surface area contributed by atoms with Gasteiger partial charge in [-0.2, -0.15) is 13.2 Å². The van der Waals surface area contributed by atoms with E-state index in [0.29, 0.717) is 13.3 Å². The highest BCUT2D eigenvalue weighted by molar-refractivity contribution is 5.90. The maximum absolute atomic E-state index is 12.6. The molecule has 0 aliphatic carbocycles. The molecule has 0 aliphatic rings. The van der Waals surface area contributed by atoms with E-state index >= 15 is 0 Å². The summed E-state index contributed by atoms with van der Waals surface area (Å²) in [6.07, 6.45) is -4.44. The van der Waals surface area contributed by atoms with Crippen LogP contribution >= 0.6 is 0 Å². The number of nitrogens with one attached hydrogen (secondary N) is 1. The number of nitrogens with zero attached hydrogens (tertiary/aromatic N) is 1. The van der Waals surface area contributed by atoms with E-state index in [4.69, 9.17) is 5.73 Å². The zero-order valence-corrected chi connectivity index (χ0v) is 10.6. The van der Waals surface area contributed by atoms with Gasteiger partial charge in [-0.05, 0) is 13.3 Å². The van der Waals surface area contributed by atoms with Crippen LogP contribution < -0.4 is 11.1 Å². The Morgan fingerprint density at radius 2 is 1.83 bits per heavy atom. The molecule has 2 amide bonds. The molecular weight excluding hydrogens is 251 g/mol. The van der Waals surface area contributed by atoms with E-state index in [1.807, 2.05) is 0 Å². The van der Waals surface area contributed by atoms with Gasteiger partial charge in [0.15, 0.2) is 5.54 Å². The first-order valence-corrected chi connectivity index (χ1v) is 5.43. The van der Waals surface area contributed by atoms with E-state index in [1.54, 1.807) is 6.92 Å². The summed E-state index contributed by atoms with van der Waals surface area (Å²) in [4.78, 5) is 23.7. The highest BCUT2D eigenvalue weighted by Gasteiger charge is 2.55. The van der Waals surface area contributed by atoms with Crippen LogP contribution in [-0.2, 0) is 9.59 Å². The molecular formula is C10H18F3N3O2. The van der Waals surface area contributed by atoms with Gasteiger partial charge in [-0.3, -0.25) is 9.59 Å². The van der Waals surface area contributed by atoms with Crippen molar-refractivity contribution >= 4 is 11.8 Å². The zero-order chi connectivity index (χ0) is 14.6. The Labute approximate surface area is 103 Å². The van der Waals surface area contributed by atoms with Crippen molar-refractivity contribution in [3.8, 4) is 0 Å². The fourth-order valence-corrected chi connectivity index (χ4v) is 1.22. The number of likely N-dealkylation sites (N-methyl/N-ethyl adjacent to an activating group) is 1. The first-order chi connectivity index (χ1) is 8.07. The maximum atomic E-state index is 12.6. The number of carbonyl (C=O) groups excluding carboxylic acids is 2. The topological polar surface area (TPSA) is 75.4 Å². The number of hydrogen-bond acceptors (Lipinski definition) is 3. The molecule has 18 heavy (non-hydrogen) atoms. The normalized spacial score (nSPS) is 14.8. The molecule has 0 aromatic heterocycles. The van der Waals surface area contributed by atoms with Crippen LogP contribution in [-0.4, -0.2) is 48.6 Å². The first kappa shape index (κ1) is 16.7. The lowest BCUT2D eigenvalue weighted by Gasteiger charge is -2.32. The van der Waals surface area contributed by atoms with E-state index in [2.05, 4.69) is 5.32 Å². The molecule has 0 radical (unpaired) electrons. The van der Waals surface area contributed by atoms with Gasteiger partial charge in [-0.25, -0.2) is 0 Å². The molecule has 3 N–H and O–H groups in total. The van der Waals surface area contributed by atoms with E-state index in [-0.39, 0.29) is 6.54 Å². The Morgan fingerprint density at radius 3 is 2.17 bits per heavy atom. The summed E-state index contributed by atoms with van der Waals surface area (Å²) in [6.45, 7) is 1.88. The smallest absolute Gasteiger partial charge is 0.358 e. The standard InChI is InChI=1S/C10H18F3N3O2/c1-4-5-16(6-7(17)15-3)8(18)9(2,14)10(11,12)13/h4-6,14H2,1-3H3,(H,15,17). The molecule has 0 rings (SSSR count). The Morgan fingerprint density at radius 1 is 1.33 bits per heavy atom. The van der Waals surface area contributed by atoms with Crippen molar-refractivity contribution in [1.29, 1.82) is 0 Å². The predicted molar refractivity (Wildman–Crippen MR) is 59.6 cm³/mol. The molecule has 0 heterocycles. The quantitative estimate of drug-likeness (QED) is 0.751. The molecule has 0 aliphatic heterocycles. The third kappa shape index (κ3) is 3.86. The zero-order valence-electron chi connectivity index (χ0n) is 10.6. The highest BCUT2D eigenvalue weighted by Crippen LogP contribution is 2.29. The van der Waals surface area contributed by atoms with Gasteiger partial charge >= 0.3 is 6.18 Å². The number of alkyl halides is 3. The summed E-state index contributed by atoms with van der Waals surface area (Å²) in [7, 11) is 1.34. The molecule has 0 saturated heterocycles. The van der Waals surface area contributed by atoms with Crippen LogP contribution in [0.15, 0.2) is 0 Å². The summed E-state index contributed by atoms with van der Waals surface area (Å²) in [5.41, 5.74) is 2.05. The minimum Gasteiger partial charge on any atom is -0.358 e. The Hall–Kier alpha value is -1.31. The van der Waals surface area contributed by atoms with Crippen molar-refractivity contribution < 1.29 is 22.8 Å². The molecule has 8 heteroatoms. The summed E-state index contributed by atoms with van der Waals surface area (Å²) in [5.74, 6) is -1.85. The van der Waals surface area contributed by atoms with E-state index < -0.39 is 30.1 Å². The molecule has 0 spiro atoms. The number of amides is 2. The number of nitrogens with two attached hydrogens (primary N) is 1. The van der Waals surface area contributed by atoms with Gasteiger partial charge in [-0.1, -0.05) is 6.92 Å². The van der Waals surface area contributed by atoms with Gasteiger partial charge in [0, 0.05) is 13.6 Å². The predicted octanol–water partition coefficient (Wildman–Crippen LogP) is 0.251. The van der Waals surface area contributed by atoms with Crippen LogP contribution in [0.1, 0.15) is 20.3 Å². The number of carbonyl (C=O) groups is 2. The van der Waals surface area contributed by atoms with Gasteiger partial charge < -0.3 is 16.0 Å². The highest BCUT2D eigenvalue weighted by atomic mass is 19.4. The molecule has 0 aromatic carbocycles. The van der Waals surface area contributed by atoms with Crippen LogP contribution in [0.25, 0.3) is 0 Å². The van der Waals surface area contributed by atoms with Crippen molar-refractivity contribution in [3.05, 3.63) is 0 Å². The van der Waals surface area contributed by atoms with Crippen LogP contribution in [0, 0.1) is 0 Å². The Balaban J connectivity index is 5.02. The molecule has 1 atom stereocenters. The largest absolute Gasteiger partial charge is 0.415 e.